The number of hydrogen-bond donors (Lipinski definition) is 1. The second-order valence-corrected chi connectivity index (χ2v) is 7.27. The molecule has 0 saturated carbocycles. The minimum Gasteiger partial charge on any atom is -0.379 e. The van der Waals surface area contributed by atoms with Crippen molar-refractivity contribution in [1.29, 1.82) is 5.26 Å². The van der Waals surface area contributed by atoms with Crippen molar-refractivity contribution in [1.82, 2.24) is 15.1 Å². The molecule has 0 aliphatic carbocycles. The number of hydrogen-bond acceptors (Lipinski definition) is 5. The van der Waals surface area contributed by atoms with E-state index in [4.69, 9.17) is 10.00 Å². The summed E-state index contributed by atoms with van der Waals surface area (Å²) >= 11 is 0. The van der Waals surface area contributed by atoms with Gasteiger partial charge < -0.3 is 10.1 Å². The molecule has 1 N–H and O–H groups in total. The average Bonchev–Trinajstić information content (AvgIpc) is 2.66. The molecule has 1 amide bonds. The standard InChI is InChI=1S/C21H32N4O2/c1-17-5-6-20(15-18(17)2)19(3)23-21(26)16-25(8-4-7-22)10-9-24-11-13-27-14-12-24/h5-6,15,19H,4,8-14,16H2,1-3H3,(H,23,26). The van der Waals surface area contributed by atoms with Gasteiger partial charge in [0.1, 0.15) is 0 Å². The SMILES string of the molecule is Cc1ccc(C(C)NC(=O)CN(CCC#N)CCN2CCOCC2)cc1C. The second-order valence-electron chi connectivity index (χ2n) is 7.27. The van der Waals surface area contributed by atoms with Gasteiger partial charge in [0.25, 0.3) is 0 Å². The molecule has 6 heteroatoms. The summed E-state index contributed by atoms with van der Waals surface area (Å²) in [6, 6.07) is 8.44. The molecular formula is C21H32N4O2. The number of nitrogens with zero attached hydrogens (tertiary/aromatic N) is 3. The summed E-state index contributed by atoms with van der Waals surface area (Å²) in [6.45, 7) is 12.2. The Bertz CT molecular complexity index is 650. The van der Waals surface area contributed by atoms with Gasteiger partial charge in [0, 0.05) is 39.1 Å². The first-order chi connectivity index (χ1) is 13.0. The quantitative estimate of drug-likeness (QED) is 0.718. The number of nitriles is 1. The number of ether oxygens (including phenoxy) is 1. The molecule has 0 aromatic heterocycles. The molecule has 0 radical (unpaired) electrons. The molecule has 1 fully saturated rings. The zero-order chi connectivity index (χ0) is 19.6. The van der Waals surface area contributed by atoms with Crippen molar-refractivity contribution in [2.45, 2.75) is 33.2 Å². The van der Waals surface area contributed by atoms with Gasteiger partial charge in [-0.05, 0) is 37.5 Å². The number of carbonyl (C=O) groups excluding carboxylic acids is 1. The van der Waals surface area contributed by atoms with E-state index in [0.29, 0.717) is 19.5 Å². The number of nitrogens with one attached hydrogen (secondary N) is 1. The third-order valence-corrected chi connectivity index (χ3v) is 5.15. The van der Waals surface area contributed by atoms with Crippen molar-refractivity contribution in [3.63, 3.8) is 0 Å². The van der Waals surface area contributed by atoms with E-state index < -0.39 is 0 Å². The number of aryl methyl sites for hydroxylation is 2. The fraction of sp³-hybridized carbons (Fsp3) is 0.619. The third kappa shape index (κ3) is 7.30. The van der Waals surface area contributed by atoms with Gasteiger partial charge >= 0.3 is 0 Å². The minimum absolute atomic E-state index is 0.000598. The molecule has 1 aliphatic rings. The Kier molecular flexibility index (Phi) is 8.73. The number of morpholine rings is 1. The topological polar surface area (TPSA) is 68.6 Å². The first-order valence-electron chi connectivity index (χ1n) is 9.75. The van der Waals surface area contributed by atoms with Crippen LogP contribution < -0.4 is 5.32 Å². The molecule has 1 atom stereocenters. The number of benzene rings is 1. The fourth-order valence-corrected chi connectivity index (χ4v) is 3.19. The Morgan fingerprint density at radius 1 is 1.30 bits per heavy atom. The van der Waals surface area contributed by atoms with Gasteiger partial charge in [-0.3, -0.25) is 14.6 Å². The Hall–Kier alpha value is -1.94. The second kappa shape index (κ2) is 11.0. The van der Waals surface area contributed by atoms with Crippen molar-refractivity contribution in [2.24, 2.45) is 0 Å². The molecular weight excluding hydrogens is 340 g/mol. The molecule has 2 rings (SSSR count). The van der Waals surface area contributed by atoms with Crippen LogP contribution in [-0.2, 0) is 9.53 Å². The predicted octanol–water partition coefficient (Wildman–Crippen LogP) is 2.03. The van der Waals surface area contributed by atoms with Gasteiger partial charge in [0.05, 0.1) is 31.9 Å². The van der Waals surface area contributed by atoms with Crippen LogP contribution in [0.25, 0.3) is 0 Å². The molecule has 148 valence electrons. The lowest BCUT2D eigenvalue weighted by atomic mass is 10.0. The van der Waals surface area contributed by atoms with Crippen LogP contribution in [0.2, 0.25) is 0 Å². The summed E-state index contributed by atoms with van der Waals surface area (Å²) in [6.07, 6.45) is 0.434. The van der Waals surface area contributed by atoms with E-state index in [1.807, 2.05) is 6.92 Å². The van der Waals surface area contributed by atoms with Gasteiger partial charge in [0.2, 0.25) is 5.91 Å². The molecule has 1 aromatic rings. The van der Waals surface area contributed by atoms with Crippen LogP contribution in [-0.4, -0.2) is 68.2 Å². The lowest BCUT2D eigenvalue weighted by Gasteiger charge is -2.29. The average molecular weight is 373 g/mol. The zero-order valence-corrected chi connectivity index (χ0v) is 16.8. The maximum Gasteiger partial charge on any atom is 0.234 e. The summed E-state index contributed by atoms with van der Waals surface area (Å²) < 4.78 is 5.38. The highest BCUT2D eigenvalue weighted by Gasteiger charge is 2.16. The normalized spacial score (nSPS) is 16.1. The van der Waals surface area contributed by atoms with E-state index >= 15 is 0 Å². The predicted molar refractivity (Wildman–Crippen MR) is 106 cm³/mol. The van der Waals surface area contributed by atoms with Crippen LogP contribution in [0, 0.1) is 25.2 Å². The Morgan fingerprint density at radius 2 is 2.04 bits per heavy atom. The smallest absolute Gasteiger partial charge is 0.234 e. The summed E-state index contributed by atoms with van der Waals surface area (Å²) in [4.78, 5) is 17.0. The Balaban J connectivity index is 1.85. The highest BCUT2D eigenvalue weighted by Crippen LogP contribution is 2.16. The fourth-order valence-electron chi connectivity index (χ4n) is 3.19. The lowest BCUT2D eigenvalue weighted by molar-refractivity contribution is -0.123. The van der Waals surface area contributed by atoms with Crippen LogP contribution in [0.15, 0.2) is 18.2 Å². The lowest BCUT2D eigenvalue weighted by Crippen LogP contribution is -2.44. The Morgan fingerprint density at radius 3 is 2.70 bits per heavy atom. The van der Waals surface area contributed by atoms with Crippen LogP contribution in [0.5, 0.6) is 0 Å². The molecule has 1 aromatic carbocycles. The highest BCUT2D eigenvalue weighted by molar-refractivity contribution is 5.78. The minimum atomic E-state index is -0.0335. The molecule has 0 bridgehead atoms. The van der Waals surface area contributed by atoms with E-state index in [1.54, 1.807) is 0 Å². The van der Waals surface area contributed by atoms with E-state index in [2.05, 4.69) is 53.2 Å². The molecule has 27 heavy (non-hydrogen) atoms. The largest absolute Gasteiger partial charge is 0.379 e. The molecule has 1 heterocycles. The van der Waals surface area contributed by atoms with Crippen molar-refractivity contribution in [3.8, 4) is 6.07 Å². The number of amides is 1. The zero-order valence-electron chi connectivity index (χ0n) is 16.8. The first-order valence-corrected chi connectivity index (χ1v) is 9.75. The van der Waals surface area contributed by atoms with Gasteiger partial charge in [-0.15, -0.1) is 0 Å². The van der Waals surface area contributed by atoms with Gasteiger partial charge in [-0.1, -0.05) is 18.2 Å². The summed E-state index contributed by atoms with van der Waals surface area (Å²) in [7, 11) is 0. The number of carbonyl (C=O) groups is 1. The van der Waals surface area contributed by atoms with Crippen molar-refractivity contribution >= 4 is 5.91 Å². The van der Waals surface area contributed by atoms with Gasteiger partial charge in [0.15, 0.2) is 0 Å². The molecule has 1 unspecified atom stereocenters. The van der Waals surface area contributed by atoms with Crippen molar-refractivity contribution in [2.75, 3.05) is 52.5 Å². The monoisotopic (exact) mass is 372 g/mol. The van der Waals surface area contributed by atoms with E-state index in [0.717, 1.165) is 45.0 Å². The molecule has 0 spiro atoms. The molecule has 1 saturated heterocycles. The van der Waals surface area contributed by atoms with E-state index in [1.165, 1.54) is 11.1 Å². The maximum absolute atomic E-state index is 12.5. The maximum atomic E-state index is 12.5. The van der Waals surface area contributed by atoms with Crippen LogP contribution >= 0.6 is 0 Å². The molecule has 6 nitrogen and oxygen atoms in total. The van der Waals surface area contributed by atoms with Crippen molar-refractivity contribution in [3.05, 3.63) is 34.9 Å². The van der Waals surface area contributed by atoms with Crippen LogP contribution in [0.4, 0.5) is 0 Å². The summed E-state index contributed by atoms with van der Waals surface area (Å²) in [5, 5.41) is 12.0. The first kappa shape index (κ1) is 21.4. The summed E-state index contributed by atoms with van der Waals surface area (Å²) in [5.41, 5.74) is 3.60. The summed E-state index contributed by atoms with van der Waals surface area (Å²) in [5.74, 6) is 0.000598. The van der Waals surface area contributed by atoms with Crippen molar-refractivity contribution < 1.29 is 9.53 Å². The highest BCUT2D eigenvalue weighted by atomic mass is 16.5. The van der Waals surface area contributed by atoms with Crippen LogP contribution in [0.1, 0.15) is 36.1 Å². The van der Waals surface area contributed by atoms with E-state index in [9.17, 15) is 4.79 Å². The number of rotatable bonds is 9. The molecule has 1 aliphatic heterocycles. The van der Waals surface area contributed by atoms with Gasteiger partial charge in [-0.25, -0.2) is 0 Å². The van der Waals surface area contributed by atoms with Crippen LogP contribution in [0.3, 0.4) is 0 Å². The van der Waals surface area contributed by atoms with E-state index in [-0.39, 0.29) is 11.9 Å². The third-order valence-electron chi connectivity index (χ3n) is 5.15. The van der Waals surface area contributed by atoms with Gasteiger partial charge in [-0.2, -0.15) is 5.26 Å². The Labute approximate surface area is 163 Å².